The van der Waals surface area contributed by atoms with E-state index in [-0.39, 0.29) is 12.1 Å². The predicted octanol–water partition coefficient (Wildman–Crippen LogP) is 12.6. The molecule has 2 atom stereocenters. The summed E-state index contributed by atoms with van der Waals surface area (Å²) in [6.45, 7) is 15.6. The van der Waals surface area contributed by atoms with Crippen molar-refractivity contribution < 1.29 is 0 Å². The van der Waals surface area contributed by atoms with Crippen LogP contribution in [-0.4, -0.2) is 18.6 Å². The quantitative estimate of drug-likeness (QED) is 0.119. The third kappa shape index (κ3) is 7.34. The van der Waals surface area contributed by atoms with Crippen molar-refractivity contribution in [1.29, 1.82) is 0 Å². The first-order chi connectivity index (χ1) is 23.9. The third-order valence-electron chi connectivity index (χ3n) is 9.68. The Bertz CT molecular complexity index is 2040. The molecule has 0 amide bonds. The third-order valence-corrected chi connectivity index (χ3v) is 9.68. The van der Waals surface area contributed by atoms with Crippen LogP contribution in [0.1, 0.15) is 55.9 Å². The van der Waals surface area contributed by atoms with Crippen molar-refractivity contribution >= 4 is 44.7 Å². The zero-order valence-corrected chi connectivity index (χ0v) is 29.9. The van der Waals surface area contributed by atoms with E-state index in [0.29, 0.717) is 0 Å². The summed E-state index contributed by atoms with van der Waals surface area (Å²) >= 11 is 0. The predicted molar refractivity (Wildman–Crippen MR) is 217 cm³/mol. The lowest BCUT2D eigenvalue weighted by Gasteiger charge is -2.37. The average molecular weight is 643 g/mol. The van der Waals surface area contributed by atoms with Gasteiger partial charge in [-0.05, 0) is 117 Å². The number of nitrogens with zero attached hydrogens (tertiary/aromatic N) is 2. The van der Waals surface area contributed by atoms with Crippen LogP contribution >= 0.6 is 0 Å². The van der Waals surface area contributed by atoms with Gasteiger partial charge in [0.25, 0.3) is 0 Å². The number of benzene rings is 4. The van der Waals surface area contributed by atoms with E-state index in [2.05, 4.69) is 172 Å². The molecule has 0 bridgehead atoms. The average Bonchev–Trinajstić information content (AvgIpc) is 3.46. The Morgan fingerprint density at radius 3 is 2.51 bits per heavy atom. The fourth-order valence-electron chi connectivity index (χ4n) is 7.74. The molecular formula is C47H50N2. The molecule has 0 saturated heterocycles. The fourth-order valence-corrected chi connectivity index (χ4v) is 7.74. The van der Waals surface area contributed by atoms with Gasteiger partial charge in [-0.1, -0.05) is 128 Å². The largest absolute Gasteiger partial charge is 0.358 e. The molecule has 2 nitrogen and oxygen atoms in total. The summed E-state index contributed by atoms with van der Waals surface area (Å²) in [6.07, 6.45) is 33.8. The van der Waals surface area contributed by atoms with Gasteiger partial charge in [0.1, 0.15) is 0 Å². The smallest absolute Gasteiger partial charge is 0.0485 e. The van der Waals surface area contributed by atoms with Gasteiger partial charge in [0.05, 0.1) is 0 Å². The molecule has 0 heterocycles. The minimum absolute atomic E-state index is 0.210. The molecule has 6 rings (SSSR count). The highest BCUT2D eigenvalue weighted by atomic mass is 15.2. The van der Waals surface area contributed by atoms with Gasteiger partial charge < -0.3 is 9.80 Å². The lowest BCUT2D eigenvalue weighted by atomic mass is 9.91. The van der Waals surface area contributed by atoms with Crippen LogP contribution in [0.15, 0.2) is 146 Å². The molecule has 4 aromatic rings. The zero-order chi connectivity index (χ0) is 34.3. The maximum absolute atomic E-state index is 3.82. The van der Waals surface area contributed by atoms with E-state index >= 15 is 0 Å². The van der Waals surface area contributed by atoms with E-state index in [0.717, 1.165) is 25.8 Å². The monoisotopic (exact) mass is 642 g/mol. The normalized spacial score (nSPS) is 16.8. The molecule has 4 aromatic carbocycles. The molecule has 0 aliphatic heterocycles. The summed E-state index contributed by atoms with van der Waals surface area (Å²) in [5, 5.41) is 5.33. The molecular weight excluding hydrogens is 593 g/mol. The maximum Gasteiger partial charge on any atom is 0.0485 e. The van der Waals surface area contributed by atoms with Crippen LogP contribution in [0.25, 0.3) is 27.6 Å². The number of hydrogen-bond donors (Lipinski definition) is 0. The molecule has 2 heteroatoms. The second-order valence-electron chi connectivity index (χ2n) is 13.5. The number of hydrogen-bond acceptors (Lipinski definition) is 2. The lowest BCUT2D eigenvalue weighted by Crippen LogP contribution is -2.40. The summed E-state index contributed by atoms with van der Waals surface area (Å²) in [6, 6.07) is 21.5. The van der Waals surface area contributed by atoms with Gasteiger partial charge in [-0.2, -0.15) is 0 Å². The van der Waals surface area contributed by atoms with Gasteiger partial charge in [0.2, 0.25) is 0 Å². The fraction of sp³-hybridized carbons (Fsp3) is 0.234. The van der Waals surface area contributed by atoms with Gasteiger partial charge >= 0.3 is 0 Å². The number of allylic oxidation sites excluding steroid dienone is 11. The van der Waals surface area contributed by atoms with Gasteiger partial charge in [-0.25, -0.2) is 0 Å². The Balaban J connectivity index is 1.58. The van der Waals surface area contributed by atoms with Crippen molar-refractivity contribution in [2.75, 3.05) is 16.3 Å². The van der Waals surface area contributed by atoms with Crippen LogP contribution in [0.5, 0.6) is 0 Å². The summed E-state index contributed by atoms with van der Waals surface area (Å²) in [7, 11) is 0. The van der Waals surface area contributed by atoms with Crippen LogP contribution in [0.2, 0.25) is 0 Å². The van der Waals surface area contributed by atoms with Gasteiger partial charge in [0, 0.05) is 41.1 Å². The zero-order valence-electron chi connectivity index (χ0n) is 29.9. The molecule has 0 N–H and O–H groups in total. The molecule has 248 valence electrons. The first kappa shape index (κ1) is 33.8. The molecule has 2 unspecified atom stereocenters. The Kier molecular flexibility index (Phi) is 10.6. The SMILES string of the molecule is C=C/C=C\C=C/CN(c1cc(C)cc(C)c1)c1ccc2ccc3c(N(C(C)/C=C(C)\C=C/C)C4C=CC=CCC4)ccc4c3c2c1CC=C4. The summed E-state index contributed by atoms with van der Waals surface area (Å²) in [5.41, 5.74) is 10.3. The Morgan fingerprint density at radius 2 is 1.71 bits per heavy atom. The standard InChI is InChI=1S/C47H50N2/c1-7-9-10-13-16-29-48(41-32-35(4)30-36(5)33-41)44-27-24-39-23-26-43-45(28-25-38-19-17-22-42(44)47(39)46(38)43)49(37(6)31-34(3)18-8-2)40-20-14-11-12-15-21-40/h7-14,16-20,23-28,30-33,37,40H,1,15,21-22,29H2,2-6H3/b10-9-,16-13-,18-8-,34-31-. The van der Waals surface area contributed by atoms with E-state index in [1.807, 2.05) is 18.2 Å². The topological polar surface area (TPSA) is 6.48 Å². The molecule has 0 radical (unpaired) electrons. The van der Waals surface area contributed by atoms with Crippen molar-refractivity contribution in [2.45, 2.75) is 66.0 Å². The molecule has 49 heavy (non-hydrogen) atoms. The van der Waals surface area contributed by atoms with Crippen LogP contribution < -0.4 is 9.80 Å². The van der Waals surface area contributed by atoms with Crippen LogP contribution in [0.4, 0.5) is 17.1 Å². The molecule has 2 aliphatic carbocycles. The summed E-state index contributed by atoms with van der Waals surface area (Å²) < 4.78 is 0. The minimum Gasteiger partial charge on any atom is -0.358 e. The van der Waals surface area contributed by atoms with Crippen LogP contribution in [0.3, 0.4) is 0 Å². The second kappa shape index (κ2) is 15.4. The van der Waals surface area contributed by atoms with Crippen LogP contribution in [0, 0.1) is 13.8 Å². The minimum atomic E-state index is 0.210. The van der Waals surface area contributed by atoms with Crippen molar-refractivity contribution in [1.82, 2.24) is 0 Å². The molecule has 0 aromatic heterocycles. The maximum atomic E-state index is 3.82. The van der Waals surface area contributed by atoms with Crippen molar-refractivity contribution in [3.8, 4) is 0 Å². The first-order valence-electron chi connectivity index (χ1n) is 17.8. The van der Waals surface area contributed by atoms with Crippen molar-refractivity contribution in [2.24, 2.45) is 0 Å². The second-order valence-corrected chi connectivity index (χ2v) is 13.5. The highest BCUT2D eigenvalue weighted by Gasteiger charge is 2.26. The van der Waals surface area contributed by atoms with Crippen LogP contribution in [-0.2, 0) is 6.42 Å². The lowest BCUT2D eigenvalue weighted by molar-refractivity contribution is 0.611. The first-order valence-corrected chi connectivity index (χ1v) is 17.8. The van der Waals surface area contributed by atoms with E-state index in [9.17, 15) is 0 Å². The highest BCUT2D eigenvalue weighted by Crippen LogP contribution is 2.44. The Hall–Kier alpha value is -5.08. The van der Waals surface area contributed by atoms with E-state index in [4.69, 9.17) is 0 Å². The number of anilines is 3. The highest BCUT2D eigenvalue weighted by molar-refractivity contribution is 6.18. The van der Waals surface area contributed by atoms with Crippen molar-refractivity contribution in [3.63, 3.8) is 0 Å². The number of aryl methyl sites for hydroxylation is 2. The molecule has 0 fully saturated rings. The van der Waals surface area contributed by atoms with Gasteiger partial charge in [-0.3, -0.25) is 0 Å². The molecule has 0 spiro atoms. The van der Waals surface area contributed by atoms with E-state index < -0.39 is 0 Å². The summed E-state index contributed by atoms with van der Waals surface area (Å²) in [5.74, 6) is 0. The van der Waals surface area contributed by atoms with Crippen molar-refractivity contribution in [3.05, 3.63) is 168 Å². The Labute approximate surface area is 294 Å². The van der Waals surface area contributed by atoms with E-state index in [1.165, 1.54) is 66.4 Å². The van der Waals surface area contributed by atoms with Gasteiger partial charge in [-0.15, -0.1) is 0 Å². The van der Waals surface area contributed by atoms with E-state index in [1.54, 1.807) is 0 Å². The molecule has 2 aliphatic rings. The summed E-state index contributed by atoms with van der Waals surface area (Å²) in [4.78, 5) is 5.14. The number of rotatable bonds is 11. The molecule has 0 saturated carbocycles. The Morgan fingerprint density at radius 1 is 0.918 bits per heavy atom. The van der Waals surface area contributed by atoms with Gasteiger partial charge in [0.15, 0.2) is 0 Å².